The summed E-state index contributed by atoms with van der Waals surface area (Å²) in [5.41, 5.74) is 1.75. The second-order valence-electron chi connectivity index (χ2n) is 5.51. The molecular formula is C19H22ClNO3S. The molecule has 0 fully saturated rings. The van der Waals surface area contributed by atoms with Gasteiger partial charge in [-0.05, 0) is 55.8 Å². The zero-order valence-electron chi connectivity index (χ0n) is 14.5. The number of benzene rings is 2. The van der Waals surface area contributed by atoms with E-state index in [1.54, 1.807) is 19.2 Å². The number of methoxy groups -OCH3 is 1. The lowest BCUT2D eigenvalue weighted by atomic mass is 10.2. The van der Waals surface area contributed by atoms with E-state index in [1.807, 2.05) is 44.2 Å². The molecule has 2 rings (SSSR count). The second-order valence-corrected chi connectivity index (χ2v) is 7.39. The van der Waals surface area contributed by atoms with Crippen molar-refractivity contribution < 1.29 is 14.3 Å². The second kappa shape index (κ2) is 9.59. The van der Waals surface area contributed by atoms with Gasteiger partial charge < -0.3 is 14.8 Å². The molecule has 2 aromatic rings. The van der Waals surface area contributed by atoms with Crippen molar-refractivity contribution in [2.24, 2.45) is 0 Å². The maximum atomic E-state index is 12.4. The number of ether oxygens (including phenoxy) is 2. The molecule has 2 aromatic carbocycles. The van der Waals surface area contributed by atoms with Crippen LogP contribution in [0, 0.1) is 6.92 Å². The summed E-state index contributed by atoms with van der Waals surface area (Å²) in [6.45, 7) is 4.38. The molecule has 0 saturated carbocycles. The number of halogens is 1. The minimum atomic E-state index is -0.195. The van der Waals surface area contributed by atoms with Crippen LogP contribution in [-0.4, -0.2) is 30.6 Å². The van der Waals surface area contributed by atoms with Crippen LogP contribution in [0.3, 0.4) is 0 Å². The van der Waals surface area contributed by atoms with Gasteiger partial charge in [0.25, 0.3) is 0 Å². The molecule has 4 nitrogen and oxygen atoms in total. The Balaban J connectivity index is 1.78. The molecule has 0 aliphatic carbocycles. The Hall–Kier alpha value is -1.85. The summed E-state index contributed by atoms with van der Waals surface area (Å²) >= 11 is 7.37. The normalized spacial score (nSPS) is 11.7. The van der Waals surface area contributed by atoms with Crippen molar-refractivity contribution >= 4 is 35.0 Å². The molecule has 0 aliphatic heterocycles. The summed E-state index contributed by atoms with van der Waals surface area (Å²) in [6.07, 6.45) is 0. The molecule has 0 saturated heterocycles. The highest BCUT2D eigenvalue weighted by Gasteiger charge is 2.15. The highest BCUT2D eigenvalue weighted by molar-refractivity contribution is 8.00. The van der Waals surface area contributed by atoms with Crippen molar-refractivity contribution in [1.82, 2.24) is 0 Å². The Labute approximate surface area is 157 Å². The zero-order valence-corrected chi connectivity index (χ0v) is 16.1. The molecule has 6 heteroatoms. The van der Waals surface area contributed by atoms with Crippen molar-refractivity contribution in [3.8, 4) is 11.5 Å². The highest BCUT2D eigenvalue weighted by atomic mass is 35.5. The molecule has 0 bridgehead atoms. The van der Waals surface area contributed by atoms with E-state index < -0.39 is 0 Å². The molecule has 0 aliphatic rings. The Bertz CT molecular complexity index is 706. The lowest BCUT2D eigenvalue weighted by molar-refractivity contribution is -0.115. The number of thioether (sulfide) groups is 1. The highest BCUT2D eigenvalue weighted by Crippen LogP contribution is 2.26. The van der Waals surface area contributed by atoms with Crippen molar-refractivity contribution in [3.05, 3.63) is 53.1 Å². The first-order valence-corrected chi connectivity index (χ1v) is 9.37. The average Bonchev–Trinajstić information content (AvgIpc) is 2.60. The lowest BCUT2D eigenvalue weighted by Crippen LogP contribution is -2.23. The van der Waals surface area contributed by atoms with Gasteiger partial charge in [-0.25, -0.2) is 0 Å². The topological polar surface area (TPSA) is 47.6 Å². The van der Waals surface area contributed by atoms with Crippen LogP contribution in [0.5, 0.6) is 11.5 Å². The predicted molar refractivity (Wildman–Crippen MR) is 105 cm³/mol. The molecule has 1 unspecified atom stereocenters. The number of carbonyl (C=O) groups is 1. The molecule has 1 atom stereocenters. The van der Waals surface area contributed by atoms with Crippen molar-refractivity contribution in [3.63, 3.8) is 0 Å². The largest absolute Gasteiger partial charge is 0.495 e. The van der Waals surface area contributed by atoms with Gasteiger partial charge in [0.1, 0.15) is 11.5 Å². The van der Waals surface area contributed by atoms with E-state index in [2.05, 4.69) is 5.32 Å². The number of rotatable bonds is 8. The molecule has 25 heavy (non-hydrogen) atoms. The summed E-state index contributed by atoms with van der Waals surface area (Å²) in [5, 5.41) is 3.41. The number of aryl methyl sites for hydroxylation is 1. The van der Waals surface area contributed by atoms with Gasteiger partial charge in [-0.3, -0.25) is 4.79 Å². The maximum Gasteiger partial charge on any atom is 0.237 e. The maximum absolute atomic E-state index is 12.4. The molecule has 0 spiro atoms. The summed E-state index contributed by atoms with van der Waals surface area (Å²) in [5.74, 6) is 2.08. The predicted octanol–water partition coefficient (Wildman–Crippen LogP) is 4.80. The molecule has 1 N–H and O–H groups in total. The van der Waals surface area contributed by atoms with Gasteiger partial charge in [0.05, 0.1) is 24.7 Å². The van der Waals surface area contributed by atoms with E-state index >= 15 is 0 Å². The summed E-state index contributed by atoms with van der Waals surface area (Å²) in [6, 6.07) is 12.9. The van der Waals surface area contributed by atoms with Crippen LogP contribution in [-0.2, 0) is 4.79 Å². The number of hydrogen-bond donors (Lipinski definition) is 1. The monoisotopic (exact) mass is 379 g/mol. The number of carbonyl (C=O) groups excluding carboxylic acids is 1. The standard InChI is InChI=1S/C19H22ClNO3S/c1-13-4-9-18(23-3)17(12-13)21-19(22)14(2)25-11-10-24-16-7-5-15(20)6-8-16/h4-9,12,14H,10-11H2,1-3H3,(H,21,22). The molecule has 0 heterocycles. The van der Waals surface area contributed by atoms with Crippen LogP contribution in [0.25, 0.3) is 0 Å². The van der Waals surface area contributed by atoms with Gasteiger partial charge in [0, 0.05) is 10.8 Å². The third-order valence-corrected chi connectivity index (χ3v) is 4.88. The number of hydrogen-bond acceptors (Lipinski definition) is 4. The van der Waals surface area contributed by atoms with E-state index in [0.717, 1.165) is 11.3 Å². The van der Waals surface area contributed by atoms with Gasteiger partial charge in [0.15, 0.2) is 0 Å². The fourth-order valence-electron chi connectivity index (χ4n) is 2.14. The molecule has 0 aromatic heterocycles. The first-order chi connectivity index (χ1) is 12.0. The molecular weight excluding hydrogens is 358 g/mol. The average molecular weight is 380 g/mol. The molecule has 0 radical (unpaired) electrons. The Morgan fingerprint density at radius 2 is 1.96 bits per heavy atom. The SMILES string of the molecule is COc1ccc(C)cc1NC(=O)C(C)SCCOc1ccc(Cl)cc1. The quantitative estimate of drug-likeness (QED) is 0.669. The smallest absolute Gasteiger partial charge is 0.237 e. The van der Waals surface area contributed by atoms with E-state index in [9.17, 15) is 4.79 Å². The Morgan fingerprint density at radius 1 is 1.24 bits per heavy atom. The van der Waals surface area contributed by atoms with Crippen molar-refractivity contribution in [2.45, 2.75) is 19.1 Å². The fourth-order valence-corrected chi connectivity index (χ4v) is 3.01. The first kappa shape index (κ1) is 19.5. The van der Waals surface area contributed by atoms with Crippen LogP contribution in [0.2, 0.25) is 5.02 Å². The van der Waals surface area contributed by atoms with Gasteiger partial charge in [-0.1, -0.05) is 17.7 Å². The first-order valence-electron chi connectivity index (χ1n) is 7.95. The third-order valence-electron chi connectivity index (χ3n) is 3.52. The van der Waals surface area contributed by atoms with Crippen LogP contribution in [0.15, 0.2) is 42.5 Å². The summed E-state index contributed by atoms with van der Waals surface area (Å²) in [4.78, 5) is 12.4. The van der Waals surface area contributed by atoms with Gasteiger partial charge in [0.2, 0.25) is 5.91 Å². The molecule has 1 amide bonds. The minimum Gasteiger partial charge on any atom is -0.495 e. The van der Waals surface area contributed by atoms with Gasteiger partial charge in [-0.15, -0.1) is 11.8 Å². The summed E-state index contributed by atoms with van der Waals surface area (Å²) < 4.78 is 10.9. The van der Waals surface area contributed by atoms with E-state index in [-0.39, 0.29) is 11.2 Å². The Morgan fingerprint density at radius 3 is 2.64 bits per heavy atom. The number of nitrogens with one attached hydrogen (secondary N) is 1. The fraction of sp³-hybridized carbons (Fsp3) is 0.316. The van der Waals surface area contributed by atoms with Crippen molar-refractivity contribution in [1.29, 1.82) is 0 Å². The van der Waals surface area contributed by atoms with Crippen LogP contribution in [0.4, 0.5) is 5.69 Å². The van der Waals surface area contributed by atoms with E-state index in [1.165, 1.54) is 11.8 Å². The third kappa shape index (κ3) is 6.18. The summed E-state index contributed by atoms with van der Waals surface area (Å²) in [7, 11) is 1.59. The van der Waals surface area contributed by atoms with Gasteiger partial charge in [-0.2, -0.15) is 0 Å². The lowest BCUT2D eigenvalue weighted by Gasteiger charge is -2.15. The van der Waals surface area contributed by atoms with E-state index in [4.69, 9.17) is 21.1 Å². The van der Waals surface area contributed by atoms with Crippen LogP contribution < -0.4 is 14.8 Å². The zero-order chi connectivity index (χ0) is 18.2. The number of amides is 1. The molecule has 134 valence electrons. The Kier molecular flexibility index (Phi) is 7.47. The van der Waals surface area contributed by atoms with Gasteiger partial charge >= 0.3 is 0 Å². The number of anilines is 1. The van der Waals surface area contributed by atoms with Crippen molar-refractivity contribution in [2.75, 3.05) is 24.8 Å². The van der Waals surface area contributed by atoms with Crippen LogP contribution >= 0.6 is 23.4 Å². The van der Waals surface area contributed by atoms with Crippen LogP contribution in [0.1, 0.15) is 12.5 Å². The van der Waals surface area contributed by atoms with E-state index in [0.29, 0.717) is 28.8 Å². The minimum absolute atomic E-state index is 0.0552.